The summed E-state index contributed by atoms with van der Waals surface area (Å²) in [6, 6.07) is 0. The van der Waals surface area contributed by atoms with Crippen LogP contribution >= 0.6 is 23.1 Å². The highest BCUT2D eigenvalue weighted by Crippen LogP contribution is 2.30. The average Bonchev–Trinajstić information content (AvgIpc) is 2.77. The molecule has 1 aromatic rings. The molecule has 0 aliphatic carbocycles. The van der Waals surface area contributed by atoms with Gasteiger partial charge in [0.25, 0.3) is 0 Å². The SMILES string of the molecule is CCCNCc1csc(N2CC(C)SC(C)C2)n1. The van der Waals surface area contributed by atoms with Crippen molar-refractivity contribution in [3.63, 3.8) is 0 Å². The maximum absolute atomic E-state index is 4.75. The van der Waals surface area contributed by atoms with Gasteiger partial charge in [-0.3, -0.25) is 0 Å². The van der Waals surface area contributed by atoms with E-state index in [2.05, 4.69) is 48.1 Å². The van der Waals surface area contributed by atoms with E-state index < -0.39 is 0 Å². The Balaban J connectivity index is 1.92. The van der Waals surface area contributed by atoms with Crippen LogP contribution in [0.1, 0.15) is 32.9 Å². The van der Waals surface area contributed by atoms with Gasteiger partial charge in [0, 0.05) is 35.5 Å². The molecule has 2 unspecified atom stereocenters. The molecular weight excluding hydrogens is 262 g/mol. The molecule has 1 aromatic heterocycles. The Kier molecular flexibility index (Phi) is 5.33. The number of thioether (sulfide) groups is 1. The number of nitrogens with zero attached hydrogens (tertiary/aromatic N) is 2. The van der Waals surface area contributed by atoms with E-state index in [0.29, 0.717) is 10.5 Å². The fraction of sp³-hybridized carbons (Fsp3) is 0.769. The molecule has 0 saturated carbocycles. The molecule has 0 radical (unpaired) electrons. The van der Waals surface area contributed by atoms with Crippen molar-refractivity contribution >= 4 is 28.2 Å². The van der Waals surface area contributed by atoms with Gasteiger partial charge in [-0.05, 0) is 13.0 Å². The van der Waals surface area contributed by atoms with E-state index in [0.717, 1.165) is 26.2 Å². The third-order valence-corrected chi connectivity index (χ3v) is 5.14. The predicted molar refractivity (Wildman–Crippen MR) is 82.8 cm³/mol. The lowest BCUT2D eigenvalue weighted by Crippen LogP contribution is -2.40. The maximum Gasteiger partial charge on any atom is 0.185 e. The second kappa shape index (κ2) is 6.78. The largest absolute Gasteiger partial charge is 0.346 e. The van der Waals surface area contributed by atoms with Crippen molar-refractivity contribution in [2.75, 3.05) is 24.5 Å². The highest BCUT2D eigenvalue weighted by atomic mass is 32.2. The summed E-state index contributed by atoms with van der Waals surface area (Å²) < 4.78 is 0. The summed E-state index contributed by atoms with van der Waals surface area (Å²) in [6.45, 7) is 11.0. The molecule has 2 rings (SSSR count). The first-order valence-electron chi connectivity index (χ1n) is 6.74. The van der Waals surface area contributed by atoms with Crippen molar-refractivity contribution in [3.05, 3.63) is 11.1 Å². The van der Waals surface area contributed by atoms with E-state index in [1.54, 1.807) is 11.3 Å². The molecule has 0 bridgehead atoms. The Morgan fingerprint density at radius 2 is 2.11 bits per heavy atom. The van der Waals surface area contributed by atoms with Gasteiger partial charge >= 0.3 is 0 Å². The molecule has 0 aromatic carbocycles. The maximum atomic E-state index is 4.75. The van der Waals surface area contributed by atoms with Gasteiger partial charge in [-0.2, -0.15) is 11.8 Å². The van der Waals surface area contributed by atoms with Gasteiger partial charge in [0.2, 0.25) is 0 Å². The Hall–Kier alpha value is -0.260. The van der Waals surface area contributed by atoms with Crippen LogP contribution in [-0.4, -0.2) is 35.1 Å². The minimum atomic E-state index is 0.708. The molecule has 1 N–H and O–H groups in total. The molecular formula is C13H23N3S2. The van der Waals surface area contributed by atoms with Crippen LogP contribution in [-0.2, 0) is 6.54 Å². The summed E-state index contributed by atoms with van der Waals surface area (Å²) in [5.74, 6) is 0. The summed E-state index contributed by atoms with van der Waals surface area (Å²) in [5.41, 5.74) is 1.18. The van der Waals surface area contributed by atoms with Crippen LogP contribution in [0.5, 0.6) is 0 Å². The van der Waals surface area contributed by atoms with Gasteiger partial charge in [0.15, 0.2) is 5.13 Å². The van der Waals surface area contributed by atoms with E-state index in [9.17, 15) is 0 Å². The lowest BCUT2D eigenvalue weighted by atomic mass is 10.3. The van der Waals surface area contributed by atoms with Crippen LogP contribution in [0.25, 0.3) is 0 Å². The molecule has 0 amide bonds. The van der Waals surface area contributed by atoms with Crippen molar-refractivity contribution in [2.24, 2.45) is 0 Å². The quantitative estimate of drug-likeness (QED) is 0.842. The van der Waals surface area contributed by atoms with Gasteiger partial charge < -0.3 is 10.2 Å². The third-order valence-electron chi connectivity index (χ3n) is 2.96. The van der Waals surface area contributed by atoms with Crippen LogP contribution in [0.2, 0.25) is 0 Å². The number of rotatable bonds is 5. The van der Waals surface area contributed by atoms with Gasteiger partial charge in [-0.1, -0.05) is 20.8 Å². The first-order chi connectivity index (χ1) is 8.69. The zero-order valence-electron chi connectivity index (χ0n) is 11.5. The normalized spacial score (nSPS) is 24.5. The minimum absolute atomic E-state index is 0.708. The lowest BCUT2D eigenvalue weighted by molar-refractivity contribution is 0.664. The Bertz CT molecular complexity index is 357. The number of nitrogens with one attached hydrogen (secondary N) is 1. The van der Waals surface area contributed by atoms with Crippen LogP contribution in [0.3, 0.4) is 0 Å². The Labute approximate surface area is 118 Å². The van der Waals surface area contributed by atoms with Crippen LogP contribution < -0.4 is 10.2 Å². The lowest BCUT2D eigenvalue weighted by Gasteiger charge is -2.34. The molecule has 1 fully saturated rings. The molecule has 2 atom stereocenters. The first-order valence-corrected chi connectivity index (χ1v) is 8.56. The number of anilines is 1. The Morgan fingerprint density at radius 3 is 2.78 bits per heavy atom. The Morgan fingerprint density at radius 1 is 1.39 bits per heavy atom. The van der Waals surface area contributed by atoms with E-state index in [1.165, 1.54) is 17.2 Å². The smallest absolute Gasteiger partial charge is 0.185 e. The third kappa shape index (κ3) is 3.87. The molecule has 5 heteroatoms. The van der Waals surface area contributed by atoms with Crippen molar-refractivity contribution in [1.29, 1.82) is 0 Å². The number of hydrogen-bond donors (Lipinski definition) is 1. The summed E-state index contributed by atoms with van der Waals surface area (Å²) in [4.78, 5) is 7.19. The van der Waals surface area contributed by atoms with Gasteiger partial charge in [0.05, 0.1) is 5.69 Å². The molecule has 0 spiro atoms. The molecule has 102 valence electrons. The van der Waals surface area contributed by atoms with Crippen molar-refractivity contribution in [1.82, 2.24) is 10.3 Å². The number of hydrogen-bond acceptors (Lipinski definition) is 5. The summed E-state index contributed by atoms with van der Waals surface area (Å²) in [6.07, 6.45) is 1.18. The second-order valence-electron chi connectivity index (χ2n) is 4.96. The van der Waals surface area contributed by atoms with Gasteiger partial charge in [0.1, 0.15) is 0 Å². The average molecular weight is 285 g/mol. The van der Waals surface area contributed by atoms with Gasteiger partial charge in [-0.15, -0.1) is 11.3 Å². The highest BCUT2D eigenvalue weighted by Gasteiger charge is 2.24. The predicted octanol–water partition coefficient (Wildman–Crippen LogP) is 2.97. The summed E-state index contributed by atoms with van der Waals surface area (Å²) in [7, 11) is 0. The fourth-order valence-electron chi connectivity index (χ4n) is 2.25. The summed E-state index contributed by atoms with van der Waals surface area (Å²) in [5, 5.41) is 8.21. The molecule has 3 nitrogen and oxygen atoms in total. The molecule has 18 heavy (non-hydrogen) atoms. The zero-order valence-corrected chi connectivity index (χ0v) is 13.1. The monoisotopic (exact) mass is 285 g/mol. The van der Waals surface area contributed by atoms with Crippen LogP contribution in [0.15, 0.2) is 5.38 Å². The molecule has 1 saturated heterocycles. The number of aromatic nitrogens is 1. The topological polar surface area (TPSA) is 28.2 Å². The second-order valence-corrected chi connectivity index (χ2v) is 7.68. The van der Waals surface area contributed by atoms with Crippen LogP contribution in [0, 0.1) is 0 Å². The summed E-state index contributed by atoms with van der Waals surface area (Å²) >= 11 is 3.87. The van der Waals surface area contributed by atoms with Gasteiger partial charge in [-0.25, -0.2) is 4.98 Å². The fourth-order valence-corrected chi connectivity index (χ4v) is 4.42. The first kappa shape index (κ1) is 14.2. The minimum Gasteiger partial charge on any atom is -0.346 e. The van der Waals surface area contributed by atoms with Crippen molar-refractivity contribution in [3.8, 4) is 0 Å². The van der Waals surface area contributed by atoms with Crippen LogP contribution in [0.4, 0.5) is 5.13 Å². The van der Waals surface area contributed by atoms with E-state index in [4.69, 9.17) is 4.98 Å². The molecule has 1 aliphatic rings. The van der Waals surface area contributed by atoms with Crippen molar-refractivity contribution in [2.45, 2.75) is 44.2 Å². The van der Waals surface area contributed by atoms with Crippen molar-refractivity contribution < 1.29 is 0 Å². The zero-order chi connectivity index (χ0) is 13.0. The molecule has 2 heterocycles. The number of thiazole rings is 1. The molecule has 1 aliphatic heterocycles. The highest BCUT2D eigenvalue weighted by molar-refractivity contribution is 8.00. The standard InChI is InChI=1S/C13H23N3S2/c1-4-5-14-6-12-9-17-13(15-12)16-7-10(2)18-11(3)8-16/h9-11,14H,4-8H2,1-3H3. The van der Waals surface area contributed by atoms with E-state index in [-0.39, 0.29) is 0 Å². The van der Waals surface area contributed by atoms with E-state index in [1.807, 2.05) is 0 Å². The van der Waals surface area contributed by atoms with E-state index >= 15 is 0 Å².